The molecule has 1 aliphatic rings. The first-order valence-corrected chi connectivity index (χ1v) is 10.5. The van der Waals surface area contributed by atoms with Gasteiger partial charge in [-0.3, -0.25) is 0 Å². The topological polar surface area (TPSA) is 0 Å². The Kier molecular flexibility index (Phi) is 3.77. The molecule has 0 heterocycles. The van der Waals surface area contributed by atoms with E-state index in [9.17, 15) is 0 Å². The van der Waals surface area contributed by atoms with Crippen LogP contribution in [-0.4, -0.2) is 7.85 Å². The highest BCUT2D eigenvalue weighted by molar-refractivity contribution is 14.1. The van der Waals surface area contributed by atoms with Crippen molar-refractivity contribution in [3.63, 3.8) is 0 Å². The molecule has 0 aliphatic heterocycles. The van der Waals surface area contributed by atoms with Gasteiger partial charge in [0.2, 0.25) is 0 Å². The number of fused-ring (bicyclic) bond motifs is 4. The fraction of sp³-hybridized carbons (Fsp3) is 0.120. The van der Waals surface area contributed by atoms with Crippen LogP contribution in [0, 0.1) is 3.57 Å². The summed E-state index contributed by atoms with van der Waals surface area (Å²) < 4.78 is 1.30. The van der Waals surface area contributed by atoms with E-state index < -0.39 is 0 Å². The molecular formula is C25H20BI. The molecule has 2 heteroatoms. The highest BCUT2D eigenvalue weighted by atomic mass is 127. The molecule has 0 nitrogen and oxygen atoms in total. The lowest BCUT2D eigenvalue weighted by atomic mass is 9.81. The minimum atomic E-state index is 0.0301. The standard InChI is InChI=1S/C25H20BI/c1-25(2)22-13-15(7-9-19(22)20-10-8-16(27)14-23(20)25)17-11-12-24(26)21-6-4-3-5-18(17)21/h3-14H,26H2,1-2H3. The monoisotopic (exact) mass is 458 g/mol. The summed E-state index contributed by atoms with van der Waals surface area (Å²) in [6, 6.07) is 27.1. The summed E-state index contributed by atoms with van der Waals surface area (Å²) in [7, 11) is 2.19. The maximum atomic E-state index is 2.42. The third-order valence-corrected chi connectivity index (χ3v) is 6.76. The van der Waals surface area contributed by atoms with E-state index in [1.54, 1.807) is 0 Å². The molecule has 4 aromatic carbocycles. The van der Waals surface area contributed by atoms with Gasteiger partial charge < -0.3 is 0 Å². The Balaban J connectivity index is 1.75. The molecule has 0 atom stereocenters. The van der Waals surface area contributed by atoms with Crippen LogP contribution in [0.3, 0.4) is 0 Å². The van der Waals surface area contributed by atoms with Crippen LogP contribution in [0.25, 0.3) is 33.0 Å². The van der Waals surface area contributed by atoms with Gasteiger partial charge >= 0.3 is 0 Å². The third kappa shape index (κ3) is 2.50. The van der Waals surface area contributed by atoms with Crippen LogP contribution in [-0.2, 0) is 5.41 Å². The van der Waals surface area contributed by atoms with E-state index >= 15 is 0 Å². The summed E-state index contributed by atoms with van der Waals surface area (Å²) >= 11 is 2.42. The highest BCUT2D eigenvalue weighted by Gasteiger charge is 2.35. The first kappa shape index (κ1) is 17.1. The van der Waals surface area contributed by atoms with E-state index in [1.807, 2.05) is 0 Å². The van der Waals surface area contributed by atoms with E-state index in [0.717, 1.165) is 0 Å². The van der Waals surface area contributed by atoms with Crippen LogP contribution in [0.5, 0.6) is 0 Å². The second-order valence-electron chi connectivity index (χ2n) is 8.05. The van der Waals surface area contributed by atoms with Gasteiger partial charge in [0.05, 0.1) is 0 Å². The zero-order valence-corrected chi connectivity index (χ0v) is 18.0. The lowest BCUT2D eigenvalue weighted by Gasteiger charge is -2.22. The smallest absolute Gasteiger partial charge is 0.0812 e. The number of benzene rings is 4. The van der Waals surface area contributed by atoms with Crippen LogP contribution >= 0.6 is 22.6 Å². The molecule has 0 N–H and O–H groups in total. The quantitative estimate of drug-likeness (QED) is 0.255. The average molecular weight is 458 g/mol. The Morgan fingerprint density at radius 2 is 1.33 bits per heavy atom. The molecule has 130 valence electrons. The predicted molar refractivity (Wildman–Crippen MR) is 128 cm³/mol. The molecular weight excluding hydrogens is 438 g/mol. The lowest BCUT2D eigenvalue weighted by molar-refractivity contribution is 0.660. The largest absolute Gasteiger partial charge is 0.140 e. The van der Waals surface area contributed by atoms with Gasteiger partial charge in [0, 0.05) is 8.99 Å². The van der Waals surface area contributed by atoms with E-state index in [-0.39, 0.29) is 5.41 Å². The van der Waals surface area contributed by atoms with Gasteiger partial charge in [-0.2, -0.15) is 0 Å². The molecule has 0 bridgehead atoms. The fourth-order valence-electron chi connectivity index (χ4n) is 4.58. The van der Waals surface area contributed by atoms with Gasteiger partial charge in [-0.25, -0.2) is 0 Å². The normalized spacial score (nSPS) is 14.2. The summed E-state index contributed by atoms with van der Waals surface area (Å²) in [5, 5.41) is 2.67. The molecule has 0 fully saturated rings. The van der Waals surface area contributed by atoms with Gasteiger partial charge in [0.1, 0.15) is 7.85 Å². The minimum Gasteiger partial charge on any atom is -0.0812 e. The Morgan fingerprint density at radius 1 is 0.704 bits per heavy atom. The van der Waals surface area contributed by atoms with Crippen molar-refractivity contribution in [3.05, 3.63) is 87.5 Å². The van der Waals surface area contributed by atoms with Crippen LogP contribution in [0.15, 0.2) is 72.8 Å². The molecule has 0 saturated heterocycles. The van der Waals surface area contributed by atoms with Crippen molar-refractivity contribution in [2.24, 2.45) is 0 Å². The predicted octanol–water partition coefficient (Wildman–Crippen LogP) is 5.68. The molecule has 0 radical (unpaired) electrons. The van der Waals surface area contributed by atoms with Crippen molar-refractivity contribution in [1.29, 1.82) is 0 Å². The summed E-state index contributed by atoms with van der Waals surface area (Å²) in [5.74, 6) is 0. The zero-order chi connectivity index (χ0) is 18.8. The van der Waals surface area contributed by atoms with Crippen LogP contribution < -0.4 is 5.46 Å². The number of halogens is 1. The molecule has 0 aromatic heterocycles. The number of rotatable bonds is 1. The molecule has 0 spiro atoms. The second-order valence-corrected chi connectivity index (χ2v) is 9.30. The van der Waals surface area contributed by atoms with Crippen molar-refractivity contribution in [3.8, 4) is 22.3 Å². The second kappa shape index (κ2) is 5.97. The molecule has 5 rings (SSSR count). The summed E-state index contributed by atoms with van der Waals surface area (Å²) in [6.45, 7) is 4.70. The van der Waals surface area contributed by atoms with Crippen molar-refractivity contribution >= 4 is 46.7 Å². The molecule has 0 unspecified atom stereocenters. The SMILES string of the molecule is Bc1ccc(-c2ccc3c(c2)C(C)(C)c2cc(I)ccc2-3)c2ccccc12. The molecule has 4 aromatic rings. The van der Waals surface area contributed by atoms with E-state index in [1.165, 1.54) is 53.2 Å². The van der Waals surface area contributed by atoms with Gasteiger partial charge in [0.25, 0.3) is 0 Å². The highest BCUT2D eigenvalue weighted by Crippen LogP contribution is 2.50. The van der Waals surface area contributed by atoms with Crippen LogP contribution in [0.2, 0.25) is 0 Å². The zero-order valence-electron chi connectivity index (χ0n) is 15.8. The molecule has 1 aliphatic carbocycles. The Morgan fingerprint density at radius 3 is 2.11 bits per heavy atom. The van der Waals surface area contributed by atoms with Crippen molar-refractivity contribution in [1.82, 2.24) is 0 Å². The number of hydrogen-bond donors (Lipinski definition) is 0. The van der Waals surface area contributed by atoms with E-state index in [4.69, 9.17) is 0 Å². The first-order chi connectivity index (χ1) is 13.0. The Labute approximate surface area is 175 Å². The summed E-state index contributed by atoms with van der Waals surface area (Å²) in [4.78, 5) is 0. The maximum absolute atomic E-state index is 2.42. The molecule has 0 saturated carbocycles. The van der Waals surface area contributed by atoms with E-state index in [0.29, 0.717) is 0 Å². The molecule has 27 heavy (non-hydrogen) atoms. The third-order valence-electron chi connectivity index (χ3n) is 6.09. The lowest BCUT2D eigenvalue weighted by Crippen LogP contribution is -2.15. The number of hydrogen-bond acceptors (Lipinski definition) is 0. The van der Waals surface area contributed by atoms with E-state index in [2.05, 4.69) is 117 Å². The van der Waals surface area contributed by atoms with Crippen molar-refractivity contribution < 1.29 is 0 Å². The van der Waals surface area contributed by atoms with Crippen LogP contribution in [0.4, 0.5) is 0 Å². The first-order valence-electron chi connectivity index (χ1n) is 9.40. The Hall–Kier alpha value is -2.07. The average Bonchev–Trinajstić information content (AvgIpc) is 2.89. The van der Waals surface area contributed by atoms with Gasteiger partial charge in [-0.1, -0.05) is 73.9 Å². The maximum Gasteiger partial charge on any atom is 0.140 e. The van der Waals surface area contributed by atoms with Gasteiger partial charge in [-0.15, -0.1) is 0 Å². The molecule has 0 amide bonds. The fourth-order valence-corrected chi connectivity index (χ4v) is 5.07. The minimum absolute atomic E-state index is 0.0301. The van der Waals surface area contributed by atoms with Crippen molar-refractivity contribution in [2.75, 3.05) is 0 Å². The van der Waals surface area contributed by atoms with Gasteiger partial charge in [-0.05, 0) is 84.9 Å². The Bertz CT molecular complexity index is 1220. The van der Waals surface area contributed by atoms with Crippen molar-refractivity contribution in [2.45, 2.75) is 19.3 Å². The van der Waals surface area contributed by atoms with Crippen LogP contribution in [0.1, 0.15) is 25.0 Å². The summed E-state index contributed by atoms with van der Waals surface area (Å²) in [6.07, 6.45) is 0. The summed E-state index contributed by atoms with van der Waals surface area (Å²) in [5.41, 5.74) is 9.63. The van der Waals surface area contributed by atoms with Gasteiger partial charge in [0.15, 0.2) is 0 Å².